The van der Waals surface area contributed by atoms with Crippen LogP contribution in [-0.2, 0) is 4.79 Å². The molecule has 0 amide bonds. The van der Waals surface area contributed by atoms with E-state index in [0.29, 0.717) is 6.42 Å². The molecule has 16 heavy (non-hydrogen) atoms. The van der Waals surface area contributed by atoms with Crippen molar-refractivity contribution < 1.29 is 9.90 Å². The quantitative estimate of drug-likeness (QED) is 0.723. The number of halogens is 1. The number of hydrogen-bond donors (Lipinski definition) is 3. The third kappa shape index (κ3) is 2.96. The average molecular weight is 245 g/mol. The van der Waals surface area contributed by atoms with Crippen molar-refractivity contribution in [3.05, 3.63) is 11.3 Å². The number of nitrogens with two attached hydrogens (primary N) is 1. The fraction of sp³-hybridized carbons (Fsp3) is 0.444. The topological polar surface area (TPSA) is 101 Å². The van der Waals surface area contributed by atoms with Crippen LogP contribution in [0.1, 0.15) is 19.8 Å². The van der Waals surface area contributed by atoms with Crippen LogP contribution in [0, 0.1) is 0 Å². The molecule has 0 aliphatic carbocycles. The minimum atomic E-state index is -0.949. The van der Waals surface area contributed by atoms with E-state index in [1.165, 1.54) is 6.33 Å². The Morgan fingerprint density at radius 3 is 2.94 bits per heavy atom. The van der Waals surface area contributed by atoms with Crippen LogP contribution in [-0.4, -0.2) is 27.1 Å². The molecule has 0 saturated carbocycles. The van der Waals surface area contributed by atoms with Crippen molar-refractivity contribution in [2.45, 2.75) is 25.8 Å². The van der Waals surface area contributed by atoms with Crippen molar-refractivity contribution in [2.75, 3.05) is 11.1 Å². The minimum absolute atomic E-state index is 0.125. The van der Waals surface area contributed by atoms with E-state index in [2.05, 4.69) is 15.3 Å². The SMILES string of the molecule is CCCC(Nc1ncnc(N)c1Cl)C(=O)O. The van der Waals surface area contributed by atoms with Gasteiger partial charge in [0.15, 0.2) is 5.82 Å². The smallest absolute Gasteiger partial charge is 0.326 e. The third-order valence-electron chi connectivity index (χ3n) is 2.00. The van der Waals surface area contributed by atoms with Crippen molar-refractivity contribution >= 4 is 29.2 Å². The van der Waals surface area contributed by atoms with E-state index in [1.807, 2.05) is 6.92 Å². The Kier molecular flexibility index (Phi) is 4.30. The summed E-state index contributed by atoms with van der Waals surface area (Å²) in [4.78, 5) is 18.4. The first-order chi connectivity index (χ1) is 7.56. The van der Waals surface area contributed by atoms with Crippen LogP contribution >= 0.6 is 11.6 Å². The van der Waals surface area contributed by atoms with Crippen LogP contribution in [0.15, 0.2) is 6.33 Å². The molecule has 88 valence electrons. The van der Waals surface area contributed by atoms with E-state index in [9.17, 15) is 4.79 Å². The van der Waals surface area contributed by atoms with Gasteiger partial charge in [0.05, 0.1) is 0 Å². The zero-order chi connectivity index (χ0) is 12.1. The summed E-state index contributed by atoms with van der Waals surface area (Å²) < 4.78 is 0. The first-order valence-electron chi connectivity index (χ1n) is 4.81. The number of nitrogens with zero attached hydrogens (tertiary/aromatic N) is 2. The summed E-state index contributed by atoms with van der Waals surface area (Å²) in [5, 5.41) is 11.8. The lowest BCUT2D eigenvalue weighted by molar-refractivity contribution is -0.138. The van der Waals surface area contributed by atoms with Gasteiger partial charge in [-0.05, 0) is 6.42 Å². The molecule has 1 aromatic heterocycles. The number of carboxylic acid groups (broad SMARTS) is 1. The zero-order valence-electron chi connectivity index (χ0n) is 8.77. The highest BCUT2D eigenvalue weighted by molar-refractivity contribution is 6.35. The van der Waals surface area contributed by atoms with Gasteiger partial charge >= 0.3 is 5.97 Å². The van der Waals surface area contributed by atoms with Crippen molar-refractivity contribution in [2.24, 2.45) is 0 Å². The molecular formula is C9H13ClN4O2. The van der Waals surface area contributed by atoms with Gasteiger partial charge in [0, 0.05) is 0 Å². The van der Waals surface area contributed by atoms with Gasteiger partial charge in [0.1, 0.15) is 23.2 Å². The van der Waals surface area contributed by atoms with E-state index >= 15 is 0 Å². The van der Waals surface area contributed by atoms with E-state index in [0.717, 1.165) is 6.42 Å². The number of aliphatic carboxylic acids is 1. The number of nitrogens with one attached hydrogen (secondary N) is 1. The van der Waals surface area contributed by atoms with Gasteiger partial charge in [-0.15, -0.1) is 0 Å². The number of aromatic nitrogens is 2. The number of anilines is 2. The second-order valence-electron chi connectivity index (χ2n) is 3.25. The molecule has 1 unspecified atom stereocenters. The van der Waals surface area contributed by atoms with Crippen LogP contribution in [0.5, 0.6) is 0 Å². The van der Waals surface area contributed by atoms with Gasteiger partial charge in [-0.2, -0.15) is 0 Å². The summed E-state index contributed by atoms with van der Waals surface area (Å²) in [7, 11) is 0. The Bertz CT molecular complexity index is 386. The molecule has 1 heterocycles. The molecule has 1 rings (SSSR count). The van der Waals surface area contributed by atoms with E-state index in [1.54, 1.807) is 0 Å². The summed E-state index contributed by atoms with van der Waals surface area (Å²) in [6.45, 7) is 1.90. The van der Waals surface area contributed by atoms with Crippen LogP contribution in [0.4, 0.5) is 11.6 Å². The van der Waals surface area contributed by atoms with Crippen molar-refractivity contribution in [3.8, 4) is 0 Å². The van der Waals surface area contributed by atoms with E-state index in [4.69, 9.17) is 22.4 Å². The molecule has 0 aliphatic heterocycles. The summed E-state index contributed by atoms with van der Waals surface area (Å²) in [5.74, 6) is -0.579. The van der Waals surface area contributed by atoms with Crippen molar-refractivity contribution in [1.82, 2.24) is 9.97 Å². The Morgan fingerprint density at radius 2 is 2.38 bits per heavy atom. The number of carboxylic acids is 1. The summed E-state index contributed by atoms with van der Waals surface area (Å²) in [5.41, 5.74) is 5.48. The molecule has 4 N–H and O–H groups in total. The number of hydrogen-bond acceptors (Lipinski definition) is 5. The number of carbonyl (C=O) groups is 1. The molecule has 0 spiro atoms. The maximum absolute atomic E-state index is 10.9. The molecule has 0 aliphatic rings. The van der Waals surface area contributed by atoms with Crippen LogP contribution in [0.25, 0.3) is 0 Å². The van der Waals surface area contributed by atoms with Gasteiger partial charge < -0.3 is 16.2 Å². The van der Waals surface area contributed by atoms with Gasteiger partial charge in [-0.25, -0.2) is 14.8 Å². The molecule has 0 bridgehead atoms. The maximum atomic E-state index is 10.9. The molecular weight excluding hydrogens is 232 g/mol. The molecule has 1 atom stereocenters. The molecule has 0 radical (unpaired) electrons. The summed E-state index contributed by atoms with van der Waals surface area (Å²) >= 11 is 5.84. The number of rotatable bonds is 5. The maximum Gasteiger partial charge on any atom is 0.326 e. The highest BCUT2D eigenvalue weighted by Crippen LogP contribution is 2.24. The molecule has 0 fully saturated rings. The lowest BCUT2D eigenvalue weighted by Crippen LogP contribution is -2.29. The Balaban J connectivity index is 2.85. The monoisotopic (exact) mass is 244 g/mol. The minimum Gasteiger partial charge on any atom is -0.480 e. The van der Waals surface area contributed by atoms with Gasteiger partial charge in [-0.3, -0.25) is 0 Å². The van der Waals surface area contributed by atoms with E-state index < -0.39 is 12.0 Å². The predicted octanol–water partition coefficient (Wildman–Crippen LogP) is 1.38. The van der Waals surface area contributed by atoms with Gasteiger partial charge in [0.2, 0.25) is 0 Å². The van der Waals surface area contributed by atoms with Crippen LogP contribution < -0.4 is 11.1 Å². The molecule has 7 heteroatoms. The van der Waals surface area contributed by atoms with Gasteiger partial charge in [-0.1, -0.05) is 24.9 Å². The van der Waals surface area contributed by atoms with Crippen molar-refractivity contribution in [1.29, 1.82) is 0 Å². The Morgan fingerprint density at radius 1 is 1.69 bits per heavy atom. The van der Waals surface area contributed by atoms with Crippen molar-refractivity contribution in [3.63, 3.8) is 0 Å². The Labute approximate surface area is 97.8 Å². The fourth-order valence-corrected chi connectivity index (χ4v) is 1.35. The average Bonchev–Trinajstić information content (AvgIpc) is 2.23. The summed E-state index contributed by atoms with van der Waals surface area (Å²) in [6, 6.07) is -0.725. The standard InChI is InChI=1S/C9H13ClN4O2/c1-2-3-5(9(15)16)14-8-6(10)7(11)12-4-13-8/h4-5H,2-3H2,1H3,(H,15,16)(H3,11,12,13,14). The van der Waals surface area contributed by atoms with E-state index in [-0.39, 0.29) is 16.7 Å². The zero-order valence-corrected chi connectivity index (χ0v) is 9.53. The van der Waals surface area contributed by atoms with Crippen LogP contribution in [0.2, 0.25) is 5.02 Å². The molecule has 0 aromatic carbocycles. The lowest BCUT2D eigenvalue weighted by Gasteiger charge is -2.15. The molecule has 6 nitrogen and oxygen atoms in total. The first-order valence-corrected chi connectivity index (χ1v) is 5.19. The third-order valence-corrected chi connectivity index (χ3v) is 2.38. The van der Waals surface area contributed by atoms with Gasteiger partial charge in [0.25, 0.3) is 0 Å². The fourth-order valence-electron chi connectivity index (χ4n) is 1.20. The second-order valence-corrected chi connectivity index (χ2v) is 3.62. The summed E-state index contributed by atoms with van der Waals surface area (Å²) in [6.07, 6.45) is 2.45. The molecule has 1 aromatic rings. The second kappa shape index (κ2) is 5.50. The first kappa shape index (κ1) is 12.5. The van der Waals surface area contributed by atoms with Crippen LogP contribution in [0.3, 0.4) is 0 Å². The lowest BCUT2D eigenvalue weighted by atomic mass is 10.2. The normalized spacial score (nSPS) is 12.1. The molecule has 0 saturated heterocycles. The largest absolute Gasteiger partial charge is 0.480 e. The highest BCUT2D eigenvalue weighted by atomic mass is 35.5. The Hall–Kier alpha value is -1.56. The number of nitrogen functional groups attached to an aromatic ring is 1. The predicted molar refractivity (Wildman–Crippen MR) is 61.4 cm³/mol. The highest BCUT2D eigenvalue weighted by Gasteiger charge is 2.18.